The van der Waals surface area contributed by atoms with E-state index in [-0.39, 0.29) is 0 Å². The molecule has 0 saturated heterocycles. The van der Waals surface area contributed by atoms with E-state index in [1.807, 2.05) is 54.6 Å². The minimum Gasteiger partial charge on any atom is -0.491 e. The lowest BCUT2D eigenvalue weighted by molar-refractivity contribution is 0.334. The summed E-state index contributed by atoms with van der Waals surface area (Å²) in [4.78, 5) is 8.58. The van der Waals surface area contributed by atoms with Crippen molar-refractivity contribution in [2.24, 2.45) is 0 Å². The number of hydrogen-bond donors (Lipinski definition) is 1. The number of benzene rings is 3. The van der Waals surface area contributed by atoms with Crippen LogP contribution in [0.15, 0.2) is 79.1 Å². The van der Waals surface area contributed by atoms with Crippen molar-refractivity contribution in [1.29, 1.82) is 0 Å². The van der Waals surface area contributed by atoms with E-state index in [1.54, 1.807) is 6.33 Å². The smallest absolute Gasteiger partial charge is 0.137 e. The van der Waals surface area contributed by atoms with Crippen molar-refractivity contribution in [1.82, 2.24) is 9.97 Å². The van der Waals surface area contributed by atoms with Crippen LogP contribution >= 0.6 is 11.6 Å². The van der Waals surface area contributed by atoms with Crippen LogP contribution in [-0.2, 0) is 0 Å². The van der Waals surface area contributed by atoms with Crippen LogP contribution in [0.25, 0.3) is 22.0 Å². The molecule has 0 spiro atoms. The predicted octanol–water partition coefficient (Wildman–Crippen LogP) is 5.44. The van der Waals surface area contributed by atoms with Crippen molar-refractivity contribution in [3.05, 3.63) is 84.1 Å². The van der Waals surface area contributed by atoms with Crippen LogP contribution in [0, 0.1) is 0 Å². The number of anilines is 1. The van der Waals surface area contributed by atoms with Crippen molar-refractivity contribution in [3.8, 4) is 16.9 Å². The first-order valence-electron chi connectivity index (χ1n) is 8.73. The quantitative estimate of drug-likeness (QED) is 0.456. The van der Waals surface area contributed by atoms with Gasteiger partial charge in [0.1, 0.15) is 24.5 Å². The van der Waals surface area contributed by atoms with Crippen molar-refractivity contribution in [3.63, 3.8) is 0 Å². The van der Waals surface area contributed by atoms with Gasteiger partial charge >= 0.3 is 0 Å². The van der Waals surface area contributed by atoms with Gasteiger partial charge in [0.05, 0.1) is 12.1 Å². The molecule has 0 saturated carbocycles. The summed E-state index contributed by atoms with van der Waals surface area (Å²) in [6.45, 7) is 1.12. The van der Waals surface area contributed by atoms with E-state index in [1.165, 1.54) is 0 Å². The lowest BCUT2D eigenvalue weighted by Crippen LogP contribution is -2.13. The molecule has 4 rings (SSSR count). The van der Waals surface area contributed by atoms with Crippen LogP contribution in [0.3, 0.4) is 0 Å². The molecule has 0 amide bonds. The molecule has 0 atom stereocenters. The minimum absolute atomic E-state index is 0.510. The fourth-order valence-electron chi connectivity index (χ4n) is 2.95. The van der Waals surface area contributed by atoms with Gasteiger partial charge in [-0.3, -0.25) is 0 Å². The lowest BCUT2D eigenvalue weighted by Gasteiger charge is -2.13. The zero-order valence-corrected chi connectivity index (χ0v) is 15.4. The highest BCUT2D eigenvalue weighted by Crippen LogP contribution is 2.29. The van der Waals surface area contributed by atoms with Gasteiger partial charge in [-0.2, -0.15) is 0 Å². The third-order valence-electron chi connectivity index (χ3n) is 4.22. The SMILES string of the molecule is Clc1ccc2ncnc(NCCOc3ccccc3-c3ccccc3)c2c1. The maximum absolute atomic E-state index is 6.10. The Kier molecular flexibility index (Phi) is 5.17. The first kappa shape index (κ1) is 17.3. The number of nitrogens with zero attached hydrogens (tertiary/aromatic N) is 2. The largest absolute Gasteiger partial charge is 0.491 e. The highest BCUT2D eigenvalue weighted by atomic mass is 35.5. The van der Waals surface area contributed by atoms with E-state index in [2.05, 4.69) is 33.5 Å². The molecule has 0 bridgehead atoms. The van der Waals surface area contributed by atoms with Gasteiger partial charge in [0.15, 0.2) is 0 Å². The van der Waals surface area contributed by atoms with Crippen molar-refractivity contribution >= 4 is 28.3 Å². The van der Waals surface area contributed by atoms with E-state index in [0.717, 1.165) is 33.6 Å². The highest BCUT2D eigenvalue weighted by Gasteiger charge is 2.06. The normalized spacial score (nSPS) is 10.7. The van der Waals surface area contributed by atoms with Gasteiger partial charge in [0, 0.05) is 16.0 Å². The van der Waals surface area contributed by atoms with E-state index in [9.17, 15) is 0 Å². The second-order valence-electron chi connectivity index (χ2n) is 6.02. The van der Waals surface area contributed by atoms with Crippen molar-refractivity contribution < 1.29 is 4.74 Å². The molecule has 0 unspecified atom stereocenters. The van der Waals surface area contributed by atoms with Gasteiger partial charge in [-0.15, -0.1) is 0 Å². The van der Waals surface area contributed by atoms with Gasteiger partial charge in [0.2, 0.25) is 0 Å². The fraction of sp³-hybridized carbons (Fsp3) is 0.0909. The molecular formula is C22H18ClN3O. The summed E-state index contributed by atoms with van der Waals surface area (Å²) in [5.41, 5.74) is 3.07. The lowest BCUT2D eigenvalue weighted by atomic mass is 10.1. The number of hydrogen-bond acceptors (Lipinski definition) is 4. The van der Waals surface area contributed by atoms with Gasteiger partial charge in [-0.25, -0.2) is 9.97 Å². The Balaban J connectivity index is 1.44. The topological polar surface area (TPSA) is 47.0 Å². The zero-order chi connectivity index (χ0) is 18.5. The molecule has 3 aromatic carbocycles. The molecule has 4 aromatic rings. The Morgan fingerprint density at radius 3 is 2.59 bits per heavy atom. The summed E-state index contributed by atoms with van der Waals surface area (Å²) in [5, 5.41) is 4.87. The number of para-hydroxylation sites is 1. The van der Waals surface area contributed by atoms with E-state index in [4.69, 9.17) is 16.3 Å². The number of nitrogens with one attached hydrogen (secondary N) is 1. The molecule has 0 aliphatic heterocycles. The monoisotopic (exact) mass is 375 g/mol. The molecule has 27 heavy (non-hydrogen) atoms. The van der Waals surface area contributed by atoms with Crippen LogP contribution in [-0.4, -0.2) is 23.1 Å². The van der Waals surface area contributed by atoms with Crippen molar-refractivity contribution in [2.45, 2.75) is 0 Å². The Labute approximate surface area is 162 Å². The summed E-state index contributed by atoms with van der Waals surface area (Å²) >= 11 is 6.10. The van der Waals surface area contributed by atoms with Gasteiger partial charge in [-0.05, 0) is 29.8 Å². The Morgan fingerprint density at radius 1 is 0.889 bits per heavy atom. The molecule has 0 aliphatic rings. The zero-order valence-electron chi connectivity index (χ0n) is 14.6. The van der Waals surface area contributed by atoms with E-state index >= 15 is 0 Å². The maximum atomic E-state index is 6.10. The Bertz CT molecular complexity index is 1050. The molecule has 134 valence electrons. The van der Waals surface area contributed by atoms with Crippen LogP contribution in [0.1, 0.15) is 0 Å². The molecular weight excluding hydrogens is 358 g/mol. The molecule has 0 aliphatic carbocycles. The third kappa shape index (κ3) is 4.01. The molecule has 0 radical (unpaired) electrons. The summed E-state index contributed by atoms with van der Waals surface area (Å²) in [5.74, 6) is 1.61. The van der Waals surface area contributed by atoms with Crippen LogP contribution in [0.2, 0.25) is 5.02 Å². The summed E-state index contributed by atoms with van der Waals surface area (Å²) < 4.78 is 6.02. The minimum atomic E-state index is 0.510. The van der Waals surface area contributed by atoms with Gasteiger partial charge in [0.25, 0.3) is 0 Å². The van der Waals surface area contributed by atoms with E-state index in [0.29, 0.717) is 18.2 Å². The molecule has 5 heteroatoms. The number of halogens is 1. The van der Waals surface area contributed by atoms with E-state index < -0.39 is 0 Å². The first-order chi connectivity index (χ1) is 13.3. The number of rotatable bonds is 6. The Hall–Kier alpha value is -3.11. The average Bonchev–Trinajstić information content (AvgIpc) is 2.72. The molecule has 1 N–H and O–H groups in total. The van der Waals surface area contributed by atoms with Crippen LogP contribution in [0.4, 0.5) is 5.82 Å². The summed E-state index contributed by atoms with van der Waals surface area (Å²) in [6, 6.07) is 23.9. The first-order valence-corrected chi connectivity index (χ1v) is 9.10. The molecule has 1 aromatic heterocycles. The van der Waals surface area contributed by atoms with Crippen molar-refractivity contribution in [2.75, 3.05) is 18.5 Å². The summed E-state index contributed by atoms with van der Waals surface area (Å²) in [6.07, 6.45) is 1.55. The van der Waals surface area contributed by atoms with Crippen LogP contribution < -0.4 is 10.1 Å². The fourth-order valence-corrected chi connectivity index (χ4v) is 3.12. The molecule has 1 heterocycles. The molecule has 0 fully saturated rings. The second-order valence-corrected chi connectivity index (χ2v) is 6.46. The third-order valence-corrected chi connectivity index (χ3v) is 4.46. The second kappa shape index (κ2) is 8.06. The van der Waals surface area contributed by atoms with Gasteiger partial charge < -0.3 is 10.1 Å². The van der Waals surface area contributed by atoms with Crippen LogP contribution in [0.5, 0.6) is 5.75 Å². The maximum Gasteiger partial charge on any atom is 0.137 e. The van der Waals surface area contributed by atoms with Gasteiger partial charge in [-0.1, -0.05) is 60.1 Å². The standard InChI is InChI=1S/C22H18ClN3O/c23-17-10-11-20-19(14-17)22(26-15-25-20)24-12-13-27-21-9-5-4-8-18(21)16-6-2-1-3-7-16/h1-11,14-15H,12-13H2,(H,24,25,26). The number of aromatic nitrogens is 2. The average molecular weight is 376 g/mol. The highest BCUT2D eigenvalue weighted by molar-refractivity contribution is 6.31. The summed E-state index contributed by atoms with van der Waals surface area (Å²) in [7, 11) is 0. The predicted molar refractivity (Wildman–Crippen MR) is 110 cm³/mol. The molecule has 4 nitrogen and oxygen atoms in total. The number of ether oxygens (including phenoxy) is 1. The number of fused-ring (bicyclic) bond motifs is 1. The Morgan fingerprint density at radius 2 is 1.70 bits per heavy atom.